The second-order valence-electron chi connectivity index (χ2n) is 3.94. The number of nitrogens with one attached hydrogen (secondary N) is 1. The minimum atomic E-state index is 0.460. The quantitative estimate of drug-likeness (QED) is 0.719. The van der Waals surface area contributed by atoms with E-state index in [1.807, 2.05) is 12.4 Å². The molecule has 0 aromatic carbocycles. The first-order chi connectivity index (χ1) is 7.92. The van der Waals surface area contributed by atoms with Crippen LogP contribution in [0.25, 0.3) is 0 Å². The minimum Gasteiger partial charge on any atom is -0.383 e. The van der Waals surface area contributed by atoms with E-state index in [1.54, 1.807) is 7.11 Å². The van der Waals surface area contributed by atoms with Crippen LogP contribution in [0, 0.1) is 0 Å². The molecule has 1 aromatic heterocycles. The van der Waals surface area contributed by atoms with Gasteiger partial charge < -0.3 is 19.4 Å². The fourth-order valence-electron chi connectivity index (χ4n) is 1.93. The summed E-state index contributed by atoms with van der Waals surface area (Å²) < 4.78 is 12.6. The van der Waals surface area contributed by atoms with Crippen LogP contribution in [0.1, 0.15) is 18.3 Å². The fourth-order valence-corrected chi connectivity index (χ4v) is 1.93. The maximum Gasteiger partial charge on any atom is 0.122 e. The Labute approximate surface area is 95.8 Å². The van der Waals surface area contributed by atoms with Gasteiger partial charge in [-0.05, 0) is 6.42 Å². The molecule has 1 fully saturated rings. The maximum atomic E-state index is 5.39. The van der Waals surface area contributed by atoms with Crippen LogP contribution in [-0.4, -0.2) is 43.0 Å². The average molecular weight is 225 g/mol. The van der Waals surface area contributed by atoms with Crippen LogP contribution in [0.5, 0.6) is 0 Å². The lowest BCUT2D eigenvalue weighted by molar-refractivity contribution is 0.185. The molecule has 2 rings (SSSR count). The largest absolute Gasteiger partial charge is 0.383 e. The van der Waals surface area contributed by atoms with Gasteiger partial charge in [-0.1, -0.05) is 0 Å². The zero-order chi connectivity index (χ0) is 11.2. The van der Waals surface area contributed by atoms with Crippen molar-refractivity contribution in [2.75, 3.05) is 33.5 Å². The number of methoxy groups -OCH3 is 1. The lowest BCUT2D eigenvalue weighted by Gasteiger charge is -2.13. The molecule has 1 atom stereocenters. The number of nitrogens with zero attached hydrogens (tertiary/aromatic N) is 2. The molecule has 90 valence electrons. The molecule has 1 unspecified atom stereocenters. The number of imidazole rings is 1. The van der Waals surface area contributed by atoms with Crippen molar-refractivity contribution < 1.29 is 9.47 Å². The highest BCUT2D eigenvalue weighted by molar-refractivity contribution is 4.96. The molecule has 1 N–H and O–H groups in total. The third kappa shape index (κ3) is 2.81. The van der Waals surface area contributed by atoms with Crippen molar-refractivity contribution in [1.82, 2.24) is 14.9 Å². The van der Waals surface area contributed by atoms with Crippen LogP contribution >= 0.6 is 0 Å². The highest BCUT2D eigenvalue weighted by atomic mass is 16.5. The summed E-state index contributed by atoms with van der Waals surface area (Å²) >= 11 is 0. The highest BCUT2D eigenvalue weighted by Gasteiger charge is 2.19. The fraction of sp³-hybridized carbons (Fsp3) is 0.727. The summed E-state index contributed by atoms with van der Waals surface area (Å²) in [5.41, 5.74) is 0. The molecule has 1 aromatic rings. The van der Waals surface area contributed by atoms with Gasteiger partial charge in [-0.15, -0.1) is 0 Å². The Bertz CT molecular complexity index is 308. The first-order valence-electron chi connectivity index (χ1n) is 5.71. The van der Waals surface area contributed by atoms with Gasteiger partial charge in [-0.25, -0.2) is 4.98 Å². The van der Waals surface area contributed by atoms with E-state index < -0.39 is 0 Å². The number of rotatable bonds is 6. The molecule has 1 aliphatic rings. The third-order valence-electron chi connectivity index (χ3n) is 2.81. The van der Waals surface area contributed by atoms with E-state index >= 15 is 0 Å². The summed E-state index contributed by atoms with van der Waals surface area (Å²) in [6.45, 7) is 4.03. The van der Waals surface area contributed by atoms with Crippen molar-refractivity contribution in [1.29, 1.82) is 0 Å². The molecule has 16 heavy (non-hydrogen) atoms. The Morgan fingerprint density at radius 2 is 2.62 bits per heavy atom. The van der Waals surface area contributed by atoms with E-state index in [4.69, 9.17) is 9.47 Å². The Morgan fingerprint density at radius 3 is 3.38 bits per heavy atom. The summed E-state index contributed by atoms with van der Waals surface area (Å²) in [6, 6.07) is 0.460. The monoisotopic (exact) mass is 225 g/mol. The molecule has 0 aliphatic carbocycles. The molecule has 0 bridgehead atoms. The van der Waals surface area contributed by atoms with E-state index in [2.05, 4.69) is 14.9 Å². The zero-order valence-corrected chi connectivity index (χ0v) is 9.69. The third-order valence-corrected chi connectivity index (χ3v) is 2.81. The average Bonchev–Trinajstić information content (AvgIpc) is 2.94. The Morgan fingerprint density at radius 1 is 1.69 bits per heavy atom. The van der Waals surface area contributed by atoms with Gasteiger partial charge in [0, 0.05) is 32.7 Å². The molecule has 2 heterocycles. The van der Waals surface area contributed by atoms with E-state index in [0.29, 0.717) is 6.04 Å². The summed E-state index contributed by atoms with van der Waals surface area (Å²) in [7, 11) is 1.71. The molecule has 1 saturated heterocycles. The van der Waals surface area contributed by atoms with E-state index in [9.17, 15) is 0 Å². The van der Waals surface area contributed by atoms with Crippen molar-refractivity contribution in [3.05, 3.63) is 18.2 Å². The standard InChI is InChI=1S/C11H19N3O2/c1-15-7-4-12-8-11-13-3-5-14(11)10-2-6-16-9-10/h3,5,10,12H,2,4,6-9H2,1H3. The van der Waals surface area contributed by atoms with Crippen LogP contribution in [0.3, 0.4) is 0 Å². The first-order valence-corrected chi connectivity index (χ1v) is 5.71. The van der Waals surface area contributed by atoms with Gasteiger partial charge >= 0.3 is 0 Å². The van der Waals surface area contributed by atoms with Crippen LogP contribution in [-0.2, 0) is 16.0 Å². The smallest absolute Gasteiger partial charge is 0.122 e. The number of aromatic nitrogens is 2. The van der Waals surface area contributed by atoms with Crippen molar-refractivity contribution in [2.45, 2.75) is 19.0 Å². The summed E-state index contributed by atoms with van der Waals surface area (Å²) in [6.07, 6.45) is 4.97. The molecule has 5 heteroatoms. The van der Waals surface area contributed by atoms with Crippen molar-refractivity contribution >= 4 is 0 Å². The maximum absolute atomic E-state index is 5.39. The number of hydrogen-bond acceptors (Lipinski definition) is 4. The predicted octanol–water partition coefficient (Wildman–Crippen LogP) is 0.580. The normalized spacial score (nSPS) is 20.4. The van der Waals surface area contributed by atoms with Crippen LogP contribution in [0.15, 0.2) is 12.4 Å². The molecular formula is C11H19N3O2. The molecule has 0 spiro atoms. The van der Waals surface area contributed by atoms with Gasteiger partial charge in [0.2, 0.25) is 0 Å². The lowest BCUT2D eigenvalue weighted by atomic mass is 10.2. The number of hydrogen-bond donors (Lipinski definition) is 1. The predicted molar refractivity (Wildman–Crippen MR) is 60.3 cm³/mol. The van der Waals surface area contributed by atoms with Gasteiger partial charge in [0.15, 0.2) is 0 Å². The Hall–Kier alpha value is -0.910. The summed E-state index contributed by atoms with van der Waals surface area (Å²) in [5, 5.41) is 3.30. The summed E-state index contributed by atoms with van der Waals surface area (Å²) in [5.74, 6) is 1.08. The van der Waals surface area contributed by atoms with Crippen LogP contribution in [0.4, 0.5) is 0 Å². The lowest BCUT2D eigenvalue weighted by Crippen LogP contribution is -2.22. The molecule has 0 amide bonds. The van der Waals surface area contributed by atoms with Crippen molar-refractivity contribution in [2.24, 2.45) is 0 Å². The topological polar surface area (TPSA) is 48.3 Å². The number of ether oxygens (including phenoxy) is 2. The SMILES string of the molecule is COCCNCc1nccn1C1CCOC1. The molecule has 5 nitrogen and oxygen atoms in total. The van der Waals surface area contributed by atoms with E-state index in [-0.39, 0.29) is 0 Å². The van der Waals surface area contributed by atoms with Crippen LogP contribution in [0.2, 0.25) is 0 Å². The van der Waals surface area contributed by atoms with Gasteiger partial charge in [-0.2, -0.15) is 0 Å². The molecule has 0 saturated carbocycles. The van der Waals surface area contributed by atoms with Crippen molar-refractivity contribution in [3.8, 4) is 0 Å². The van der Waals surface area contributed by atoms with Gasteiger partial charge in [-0.3, -0.25) is 0 Å². The zero-order valence-electron chi connectivity index (χ0n) is 9.69. The Kier molecular flexibility index (Phi) is 4.33. The highest BCUT2D eigenvalue weighted by Crippen LogP contribution is 2.19. The first kappa shape index (κ1) is 11.6. The van der Waals surface area contributed by atoms with Crippen molar-refractivity contribution in [3.63, 3.8) is 0 Å². The van der Waals surface area contributed by atoms with Gasteiger partial charge in [0.1, 0.15) is 5.82 Å². The second-order valence-corrected chi connectivity index (χ2v) is 3.94. The summed E-state index contributed by atoms with van der Waals surface area (Å²) in [4.78, 5) is 4.36. The van der Waals surface area contributed by atoms with Gasteiger partial charge in [0.05, 0.1) is 25.8 Å². The van der Waals surface area contributed by atoms with E-state index in [1.165, 1.54) is 0 Å². The molecular weight excluding hydrogens is 206 g/mol. The molecule has 1 aliphatic heterocycles. The van der Waals surface area contributed by atoms with Crippen LogP contribution < -0.4 is 5.32 Å². The Balaban J connectivity index is 1.86. The van der Waals surface area contributed by atoms with Gasteiger partial charge in [0.25, 0.3) is 0 Å². The van der Waals surface area contributed by atoms with E-state index in [0.717, 1.165) is 45.2 Å². The minimum absolute atomic E-state index is 0.460. The second kappa shape index (κ2) is 5.98. The molecule has 0 radical (unpaired) electrons.